The van der Waals surface area contributed by atoms with Crippen LogP contribution in [0.15, 0.2) is 0 Å². The van der Waals surface area contributed by atoms with Crippen molar-refractivity contribution >= 4 is 15.9 Å². The largest absolute Gasteiger partial charge is 0.342 e. The maximum absolute atomic E-state index is 12.5. The Hall–Kier alpha value is -0.620. The number of hydrogen-bond acceptors (Lipinski definition) is 3. The molecule has 0 spiro atoms. The molecule has 2 rings (SSSR count). The zero-order valence-electron chi connectivity index (χ0n) is 11.8. The van der Waals surface area contributed by atoms with E-state index in [9.17, 15) is 13.2 Å². The first kappa shape index (κ1) is 14.8. The van der Waals surface area contributed by atoms with E-state index in [1.165, 1.54) is 23.4 Å². The van der Waals surface area contributed by atoms with E-state index in [0.29, 0.717) is 19.1 Å². The Morgan fingerprint density at radius 1 is 1.16 bits per heavy atom. The predicted molar refractivity (Wildman–Crippen MR) is 74.2 cm³/mol. The van der Waals surface area contributed by atoms with Crippen LogP contribution in [0.25, 0.3) is 0 Å². The monoisotopic (exact) mass is 288 g/mol. The van der Waals surface area contributed by atoms with Crippen LogP contribution in [0.2, 0.25) is 0 Å². The maximum atomic E-state index is 12.5. The molecule has 0 aromatic carbocycles. The van der Waals surface area contributed by atoms with Crippen molar-refractivity contribution in [1.82, 2.24) is 9.21 Å². The van der Waals surface area contributed by atoms with Gasteiger partial charge in [-0.3, -0.25) is 4.79 Å². The standard InChI is InChI=1S/C13H24N2O3S/c1-14(12-7-3-4-8-12)13(16)11-6-5-9-15(10-11)19(2,17)18/h11-12H,3-10H2,1-2H3/t11-/m1/s1. The summed E-state index contributed by atoms with van der Waals surface area (Å²) in [6.07, 6.45) is 7.38. The third kappa shape index (κ3) is 3.48. The average Bonchev–Trinajstić information content (AvgIpc) is 2.90. The molecule has 1 saturated heterocycles. The highest BCUT2D eigenvalue weighted by Gasteiger charge is 2.34. The van der Waals surface area contributed by atoms with E-state index in [0.717, 1.165) is 25.7 Å². The highest BCUT2D eigenvalue weighted by atomic mass is 32.2. The topological polar surface area (TPSA) is 57.7 Å². The first-order valence-corrected chi connectivity index (χ1v) is 8.96. The molecule has 1 saturated carbocycles. The second-order valence-corrected chi connectivity index (χ2v) is 7.83. The van der Waals surface area contributed by atoms with Crippen molar-refractivity contribution in [2.45, 2.75) is 44.6 Å². The van der Waals surface area contributed by atoms with Gasteiger partial charge >= 0.3 is 0 Å². The molecule has 1 aliphatic carbocycles. The van der Waals surface area contributed by atoms with E-state index in [-0.39, 0.29) is 11.8 Å². The predicted octanol–water partition coefficient (Wildman–Crippen LogP) is 1.06. The minimum absolute atomic E-state index is 0.125. The third-order valence-corrected chi connectivity index (χ3v) is 5.69. The quantitative estimate of drug-likeness (QED) is 0.780. The normalized spacial score (nSPS) is 26.5. The summed E-state index contributed by atoms with van der Waals surface area (Å²) in [7, 11) is -1.30. The lowest BCUT2D eigenvalue weighted by Gasteiger charge is -2.34. The lowest BCUT2D eigenvalue weighted by Crippen LogP contribution is -2.47. The summed E-state index contributed by atoms with van der Waals surface area (Å²) in [5.41, 5.74) is 0. The fourth-order valence-electron chi connectivity index (χ4n) is 3.20. The number of carbonyl (C=O) groups is 1. The van der Waals surface area contributed by atoms with Crippen LogP contribution < -0.4 is 0 Å². The second-order valence-electron chi connectivity index (χ2n) is 5.85. The van der Waals surface area contributed by atoms with Crippen molar-refractivity contribution in [2.75, 3.05) is 26.4 Å². The number of piperidine rings is 1. The van der Waals surface area contributed by atoms with E-state index in [1.807, 2.05) is 11.9 Å². The van der Waals surface area contributed by atoms with Crippen molar-refractivity contribution in [3.63, 3.8) is 0 Å². The first-order chi connectivity index (χ1) is 8.89. The molecule has 6 heteroatoms. The van der Waals surface area contributed by atoms with E-state index >= 15 is 0 Å². The molecular weight excluding hydrogens is 264 g/mol. The van der Waals surface area contributed by atoms with Gasteiger partial charge in [-0.1, -0.05) is 12.8 Å². The Bertz CT molecular complexity index is 429. The van der Waals surface area contributed by atoms with Crippen LogP contribution in [0, 0.1) is 5.92 Å². The van der Waals surface area contributed by atoms with Crippen LogP contribution >= 0.6 is 0 Å². The molecule has 0 N–H and O–H groups in total. The van der Waals surface area contributed by atoms with Crippen LogP contribution in [0.3, 0.4) is 0 Å². The third-order valence-electron chi connectivity index (χ3n) is 4.42. The molecule has 0 aromatic heterocycles. The number of hydrogen-bond donors (Lipinski definition) is 0. The average molecular weight is 288 g/mol. The Morgan fingerprint density at radius 3 is 2.37 bits per heavy atom. The van der Waals surface area contributed by atoms with E-state index in [1.54, 1.807) is 0 Å². The summed E-state index contributed by atoms with van der Waals surface area (Å²) >= 11 is 0. The number of rotatable bonds is 3. The highest BCUT2D eigenvalue weighted by Crippen LogP contribution is 2.26. The van der Waals surface area contributed by atoms with Crippen molar-refractivity contribution in [1.29, 1.82) is 0 Å². The van der Waals surface area contributed by atoms with Crippen molar-refractivity contribution in [3.8, 4) is 0 Å². The number of sulfonamides is 1. The van der Waals surface area contributed by atoms with Gasteiger partial charge in [-0.25, -0.2) is 12.7 Å². The Morgan fingerprint density at radius 2 is 1.79 bits per heavy atom. The Labute approximate surface area is 116 Å². The molecule has 0 bridgehead atoms. The van der Waals surface area contributed by atoms with Gasteiger partial charge in [0.15, 0.2) is 0 Å². The van der Waals surface area contributed by atoms with E-state index in [2.05, 4.69) is 0 Å². The van der Waals surface area contributed by atoms with E-state index < -0.39 is 10.0 Å². The van der Waals surface area contributed by atoms with Gasteiger partial charge in [0.05, 0.1) is 12.2 Å². The molecule has 2 aliphatic rings. The zero-order valence-corrected chi connectivity index (χ0v) is 12.7. The van der Waals surface area contributed by atoms with Gasteiger partial charge in [0, 0.05) is 26.2 Å². The molecule has 1 amide bonds. The van der Waals surface area contributed by atoms with Gasteiger partial charge in [-0.05, 0) is 25.7 Å². The molecule has 19 heavy (non-hydrogen) atoms. The van der Waals surface area contributed by atoms with Gasteiger partial charge < -0.3 is 4.90 Å². The summed E-state index contributed by atoms with van der Waals surface area (Å²) in [6, 6.07) is 0.362. The SMILES string of the molecule is CN(C(=O)[C@@H]1CCCN(S(C)(=O)=O)C1)C1CCCC1. The van der Waals surface area contributed by atoms with Gasteiger partial charge in [-0.15, -0.1) is 0 Å². The second kappa shape index (κ2) is 5.79. The van der Waals surface area contributed by atoms with Gasteiger partial charge in [-0.2, -0.15) is 0 Å². The van der Waals surface area contributed by atoms with Gasteiger partial charge in [0.1, 0.15) is 0 Å². The lowest BCUT2D eigenvalue weighted by atomic mass is 9.97. The van der Waals surface area contributed by atoms with Crippen molar-refractivity contribution in [3.05, 3.63) is 0 Å². The van der Waals surface area contributed by atoms with Crippen LogP contribution in [0.4, 0.5) is 0 Å². The zero-order chi connectivity index (χ0) is 14.0. The van der Waals surface area contributed by atoms with Gasteiger partial charge in [0.2, 0.25) is 15.9 Å². The molecule has 0 unspecified atom stereocenters. The smallest absolute Gasteiger partial charge is 0.227 e. The van der Waals surface area contributed by atoms with Crippen LogP contribution in [0.5, 0.6) is 0 Å². The van der Waals surface area contributed by atoms with Gasteiger partial charge in [0.25, 0.3) is 0 Å². The van der Waals surface area contributed by atoms with E-state index in [4.69, 9.17) is 0 Å². The highest BCUT2D eigenvalue weighted by molar-refractivity contribution is 7.88. The Kier molecular flexibility index (Phi) is 4.50. The minimum atomic E-state index is -3.17. The minimum Gasteiger partial charge on any atom is -0.342 e. The summed E-state index contributed by atoms with van der Waals surface area (Å²) in [5, 5.41) is 0. The van der Waals surface area contributed by atoms with Crippen molar-refractivity contribution in [2.24, 2.45) is 5.92 Å². The number of amides is 1. The molecule has 1 atom stereocenters. The maximum Gasteiger partial charge on any atom is 0.227 e. The summed E-state index contributed by atoms with van der Waals surface area (Å²) in [6.45, 7) is 0.907. The molecule has 0 radical (unpaired) electrons. The van der Waals surface area contributed by atoms with Crippen LogP contribution in [-0.4, -0.2) is 56.0 Å². The van der Waals surface area contributed by atoms with Crippen molar-refractivity contribution < 1.29 is 13.2 Å². The molecule has 110 valence electrons. The van der Waals surface area contributed by atoms with Crippen LogP contribution in [0.1, 0.15) is 38.5 Å². The molecular formula is C13H24N2O3S. The summed E-state index contributed by atoms with van der Waals surface area (Å²) in [5.74, 6) is -0.0330. The molecule has 0 aromatic rings. The summed E-state index contributed by atoms with van der Waals surface area (Å²) in [4.78, 5) is 14.3. The molecule has 1 aliphatic heterocycles. The molecule has 2 fully saturated rings. The lowest BCUT2D eigenvalue weighted by molar-refractivity contribution is -0.137. The number of nitrogens with zero attached hydrogens (tertiary/aromatic N) is 2. The molecule has 5 nitrogen and oxygen atoms in total. The first-order valence-electron chi connectivity index (χ1n) is 7.11. The number of carbonyl (C=O) groups excluding carboxylic acids is 1. The Balaban J connectivity index is 1.98. The van der Waals surface area contributed by atoms with Crippen LogP contribution in [-0.2, 0) is 14.8 Å². The fraction of sp³-hybridized carbons (Fsp3) is 0.923. The summed E-state index contributed by atoms with van der Waals surface area (Å²) < 4.78 is 24.6. The molecule has 1 heterocycles. The fourth-order valence-corrected chi connectivity index (χ4v) is 4.12.